The van der Waals surface area contributed by atoms with Crippen LogP contribution in [0.15, 0.2) is 29.1 Å². The third-order valence-electron chi connectivity index (χ3n) is 3.92. The predicted molar refractivity (Wildman–Crippen MR) is 91.7 cm³/mol. The van der Waals surface area contributed by atoms with Crippen LogP contribution >= 0.6 is 0 Å². The third kappa shape index (κ3) is 3.13. The van der Waals surface area contributed by atoms with Crippen LogP contribution < -0.4 is 4.74 Å². The average molecular weight is 321 g/mol. The minimum absolute atomic E-state index is 0.0366. The van der Waals surface area contributed by atoms with E-state index >= 15 is 0 Å². The molecule has 114 valence electrons. The van der Waals surface area contributed by atoms with Crippen molar-refractivity contribution in [2.75, 3.05) is 13.7 Å². The van der Waals surface area contributed by atoms with Gasteiger partial charge in [0, 0.05) is 5.56 Å². The van der Waals surface area contributed by atoms with Gasteiger partial charge in [-0.1, -0.05) is 61.0 Å². The van der Waals surface area contributed by atoms with Crippen molar-refractivity contribution >= 4 is 27.3 Å². The van der Waals surface area contributed by atoms with E-state index in [1.807, 2.05) is 18.2 Å². The van der Waals surface area contributed by atoms with Crippen LogP contribution in [0.25, 0.3) is 5.20 Å². The first-order valence-corrected chi connectivity index (χ1v) is 13.7. The lowest BCUT2D eigenvalue weighted by Crippen LogP contribution is -2.27. The van der Waals surface area contributed by atoms with Crippen LogP contribution in [-0.2, 0) is 9.53 Å². The highest BCUT2D eigenvalue weighted by molar-refractivity contribution is 7.25. The number of carbonyl (C=O) groups excluding carboxylic acids is 1. The number of hydrogen-bond donors (Lipinski definition) is 0. The molecule has 0 fully saturated rings. The maximum absolute atomic E-state index is 11.3. The van der Waals surface area contributed by atoms with E-state index in [0.717, 1.165) is 5.75 Å². The van der Waals surface area contributed by atoms with Crippen molar-refractivity contribution in [2.45, 2.75) is 32.7 Å². The van der Waals surface area contributed by atoms with E-state index in [0.29, 0.717) is 0 Å². The van der Waals surface area contributed by atoms with E-state index in [2.05, 4.69) is 43.5 Å². The first kappa shape index (κ1) is 16.0. The van der Waals surface area contributed by atoms with Gasteiger partial charge >= 0.3 is 5.97 Å². The first-order valence-electron chi connectivity index (χ1n) is 7.24. The number of ether oxygens (including phenoxy) is 2. The summed E-state index contributed by atoms with van der Waals surface area (Å²) in [5.74, 6) is 0.447. The number of hydrogen-bond acceptors (Lipinski definition) is 3. The van der Waals surface area contributed by atoms with Gasteiger partial charge in [0.05, 0.1) is 15.2 Å². The molecule has 0 saturated carbocycles. The highest BCUT2D eigenvalue weighted by atomic mass is 28.4. The molecule has 0 spiro atoms. The van der Waals surface area contributed by atoms with E-state index in [1.54, 1.807) is 4.82 Å². The summed E-state index contributed by atoms with van der Waals surface area (Å²) in [6, 6.07) is 8.04. The molecule has 0 amide bonds. The molecule has 0 atom stereocenters. The Hall–Kier alpha value is -1.34. The topological polar surface area (TPSA) is 35.5 Å². The summed E-state index contributed by atoms with van der Waals surface area (Å²) >= 11 is 0. The number of methoxy groups -OCH3 is 1. The lowest BCUT2D eigenvalue weighted by Gasteiger charge is -2.15. The molecule has 0 N–H and O–H groups in total. The van der Waals surface area contributed by atoms with E-state index < -0.39 is 16.1 Å². The Balaban J connectivity index is 2.33. The number of rotatable bonds is 5. The van der Waals surface area contributed by atoms with Gasteiger partial charge in [0.1, 0.15) is 13.8 Å². The average Bonchev–Trinajstić information content (AvgIpc) is 2.99. The Kier molecular flexibility index (Phi) is 4.17. The zero-order chi connectivity index (χ0) is 15.8. The van der Waals surface area contributed by atoms with Gasteiger partial charge in [0.25, 0.3) is 0 Å². The summed E-state index contributed by atoms with van der Waals surface area (Å²) in [7, 11) is -1.30. The lowest BCUT2D eigenvalue weighted by atomic mass is 10.2. The molecule has 1 heterocycles. The molecule has 1 aromatic carbocycles. The Bertz CT molecular complexity index is 598. The quantitative estimate of drug-likeness (QED) is 0.613. The van der Waals surface area contributed by atoms with Gasteiger partial charge in [-0.15, -0.1) is 0 Å². The minimum atomic E-state index is -1.39. The molecule has 0 saturated heterocycles. The number of carbonyl (C=O) groups is 1. The zero-order valence-corrected chi connectivity index (χ0v) is 15.7. The van der Waals surface area contributed by atoms with E-state index in [9.17, 15) is 4.79 Å². The Morgan fingerprint density at radius 1 is 1.19 bits per heavy atom. The molecule has 0 aliphatic carbocycles. The van der Waals surface area contributed by atoms with Crippen molar-refractivity contribution in [3.8, 4) is 5.75 Å². The molecule has 21 heavy (non-hydrogen) atoms. The SMILES string of the molecule is COC(=O)COc1ccccc1C1=C([Si](C)(C)C)[Si]1(C)C. The number of benzene rings is 1. The molecule has 3 nitrogen and oxygen atoms in total. The molecule has 0 aromatic heterocycles. The smallest absolute Gasteiger partial charge is 0.343 e. The van der Waals surface area contributed by atoms with Crippen molar-refractivity contribution in [1.29, 1.82) is 0 Å². The van der Waals surface area contributed by atoms with Crippen molar-refractivity contribution in [3.63, 3.8) is 0 Å². The van der Waals surface area contributed by atoms with Gasteiger partial charge in [-0.25, -0.2) is 4.79 Å². The molecule has 0 radical (unpaired) electrons. The summed E-state index contributed by atoms with van der Waals surface area (Å²) in [6.45, 7) is 12.0. The Morgan fingerprint density at radius 2 is 1.81 bits per heavy atom. The van der Waals surface area contributed by atoms with Crippen molar-refractivity contribution in [3.05, 3.63) is 34.6 Å². The molecular formula is C16H24O3Si2. The Labute approximate surface area is 129 Å². The van der Waals surface area contributed by atoms with E-state index in [-0.39, 0.29) is 12.6 Å². The molecule has 0 bridgehead atoms. The van der Waals surface area contributed by atoms with Gasteiger partial charge in [0.15, 0.2) is 6.61 Å². The summed E-state index contributed by atoms with van der Waals surface area (Å²) in [6.07, 6.45) is 0. The number of para-hydroxylation sites is 1. The van der Waals surface area contributed by atoms with Crippen molar-refractivity contribution in [1.82, 2.24) is 0 Å². The monoisotopic (exact) mass is 320 g/mol. The first-order chi connectivity index (χ1) is 9.69. The van der Waals surface area contributed by atoms with Crippen LogP contribution in [0.2, 0.25) is 32.7 Å². The van der Waals surface area contributed by atoms with Crippen molar-refractivity contribution in [2.24, 2.45) is 0 Å². The second-order valence-corrected chi connectivity index (χ2v) is 16.7. The zero-order valence-electron chi connectivity index (χ0n) is 13.7. The Morgan fingerprint density at radius 3 is 2.33 bits per heavy atom. The van der Waals surface area contributed by atoms with E-state index in [1.165, 1.54) is 17.9 Å². The molecule has 1 aromatic rings. The van der Waals surface area contributed by atoms with Crippen LogP contribution in [-0.4, -0.2) is 35.8 Å². The summed E-state index contributed by atoms with van der Waals surface area (Å²) in [4.78, 5) is 13.0. The van der Waals surface area contributed by atoms with Crippen LogP contribution in [0.1, 0.15) is 5.56 Å². The van der Waals surface area contributed by atoms with Crippen LogP contribution in [0.4, 0.5) is 0 Å². The molecule has 2 rings (SSSR count). The van der Waals surface area contributed by atoms with E-state index in [4.69, 9.17) is 4.74 Å². The maximum atomic E-state index is 11.3. The van der Waals surface area contributed by atoms with Gasteiger partial charge in [0.2, 0.25) is 0 Å². The summed E-state index contributed by atoms with van der Waals surface area (Å²) in [5, 5.41) is 1.53. The molecule has 1 aliphatic heterocycles. The fourth-order valence-electron chi connectivity index (χ4n) is 3.25. The summed E-state index contributed by atoms with van der Waals surface area (Å²) < 4.78 is 10.3. The highest BCUT2D eigenvalue weighted by Crippen LogP contribution is 2.54. The molecular weight excluding hydrogens is 296 g/mol. The number of esters is 1. The molecule has 5 heteroatoms. The van der Waals surface area contributed by atoms with Gasteiger partial charge in [-0.3, -0.25) is 0 Å². The third-order valence-corrected chi connectivity index (χ3v) is 13.1. The highest BCUT2D eigenvalue weighted by Gasteiger charge is 2.53. The fourth-order valence-corrected chi connectivity index (χ4v) is 16.6. The molecule has 0 unspecified atom stereocenters. The van der Waals surface area contributed by atoms with Crippen LogP contribution in [0.5, 0.6) is 5.75 Å². The normalized spacial score (nSPS) is 16.7. The summed E-state index contributed by atoms with van der Waals surface area (Å²) in [5.41, 5.74) is 1.18. The van der Waals surface area contributed by atoms with Crippen molar-refractivity contribution < 1.29 is 14.3 Å². The lowest BCUT2D eigenvalue weighted by molar-refractivity contribution is -0.142. The van der Waals surface area contributed by atoms with Gasteiger partial charge in [-0.05, 0) is 6.07 Å². The molecule has 1 aliphatic rings. The predicted octanol–water partition coefficient (Wildman–Crippen LogP) is 3.67. The largest absolute Gasteiger partial charge is 0.481 e. The van der Waals surface area contributed by atoms with Crippen LogP contribution in [0.3, 0.4) is 0 Å². The fraction of sp³-hybridized carbons (Fsp3) is 0.438. The standard InChI is InChI=1S/C16H24O3Si2/c1-18-14(17)11-19-13-10-8-7-9-12(13)15-16(20(2,3)4)21(15,5)6/h7-10H,11H2,1-6H3. The van der Waals surface area contributed by atoms with Gasteiger partial charge in [-0.2, -0.15) is 0 Å². The second-order valence-electron chi connectivity index (χ2n) is 6.99. The second kappa shape index (κ2) is 5.46. The van der Waals surface area contributed by atoms with Crippen LogP contribution in [0, 0.1) is 0 Å². The minimum Gasteiger partial charge on any atom is -0.481 e. The van der Waals surface area contributed by atoms with Gasteiger partial charge < -0.3 is 9.47 Å². The maximum Gasteiger partial charge on any atom is 0.343 e.